The molecule has 2 aromatic rings. The van der Waals surface area contributed by atoms with Crippen LogP contribution in [0.25, 0.3) is 11.6 Å². The van der Waals surface area contributed by atoms with Crippen LogP contribution >= 0.6 is 12.4 Å². The quantitative estimate of drug-likeness (QED) is 0.883. The average Bonchev–Trinajstić information content (AvgIpc) is 3.25. The van der Waals surface area contributed by atoms with Crippen molar-refractivity contribution in [3.63, 3.8) is 0 Å². The summed E-state index contributed by atoms with van der Waals surface area (Å²) in [5.74, 6) is 1.84. The van der Waals surface area contributed by atoms with Crippen molar-refractivity contribution in [2.24, 2.45) is 0 Å². The summed E-state index contributed by atoms with van der Waals surface area (Å²) in [6.45, 7) is 2.84. The van der Waals surface area contributed by atoms with E-state index in [4.69, 9.17) is 4.52 Å². The molecule has 0 spiro atoms. The van der Waals surface area contributed by atoms with E-state index in [1.165, 1.54) is 37.8 Å². The number of aromatic amines is 1. The molecule has 2 aromatic heterocycles. The van der Waals surface area contributed by atoms with Crippen LogP contribution in [-0.2, 0) is 0 Å². The molecule has 1 unspecified atom stereocenters. The van der Waals surface area contributed by atoms with Gasteiger partial charge in [0.25, 0.3) is 5.89 Å². The van der Waals surface area contributed by atoms with Crippen molar-refractivity contribution < 1.29 is 4.52 Å². The number of piperazine rings is 1. The van der Waals surface area contributed by atoms with E-state index in [0.29, 0.717) is 11.8 Å². The van der Waals surface area contributed by atoms with Crippen molar-refractivity contribution >= 4 is 12.4 Å². The van der Waals surface area contributed by atoms with Gasteiger partial charge in [0.15, 0.2) is 11.5 Å². The molecule has 3 heterocycles. The Morgan fingerprint density at radius 1 is 1.25 bits per heavy atom. The van der Waals surface area contributed by atoms with Gasteiger partial charge < -0.3 is 9.84 Å². The lowest BCUT2D eigenvalue weighted by atomic mass is 9.87. The Kier molecular flexibility index (Phi) is 5.53. The summed E-state index contributed by atoms with van der Waals surface area (Å²) in [7, 11) is 2.09. The van der Waals surface area contributed by atoms with Gasteiger partial charge in [0.05, 0.1) is 6.04 Å². The van der Waals surface area contributed by atoms with Crippen LogP contribution in [0.1, 0.15) is 55.6 Å². The lowest BCUT2D eigenvalue weighted by molar-refractivity contribution is 0.190. The van der Waals surface area contributed by atoms with E-state index >= 15 is 0 Å². The first-order chi connectivity index (χ1) is 11.3. The van der Waals surface area contributed by atoms with E-state index in [1.807, 2.05) is 0 Å². The topological polar surface area (TPSA) is 82.9 Å². The highest BCUT2D eigenvalue weighted by Gasteiger charge is 2.26. The number of nitrogens with one attached hydrogen (secondary N) is 2. The van der Waals surface area contributed by atoms with Crippen LogP contribution in [0, 0.1) is 0 Å². The number of hydrogen-bond donors (Lipinski definition) is 2. The standard InChI is InChI=1S/C16H24N6O.ClH/c1-22-8-7-17-10-14(22)15-18-16(23-21-15)13-9-12(19-20-13)11-5-3-2-4-6-11;/h9,11,14,17H,2-8,10H2,1H3,(H,19,20);1H. The molecule has 2 aliphatic rings. The molecule has 2 N–H and O–H groups in total. The van der Waals surface area contributed by atoms with E-state index < -0.39 is 0 Å². The fourth-order valence-electron chi connectivity index (χ4n) is 3.64. The minimum absolute atomic E-state index is 0. The summed E-state index contributed by atoms with van der Waals surface area (Å²) < 4.78 is 5.45. The van der Waals surface area contributed by atoms with Crippen molar-refractivity contribution in [1.29, 1.82) is 0 Å². The molecule has 0 amide bonds. The first-order valence-corrected chi connectivity index (χ1v) is 8.61. The molecule has 1 aliphatic carbocycles. The molecule has 2 fully saturated rings. The Morgan fingerprint density at radius 3 is 2.88 bits per heavy atom. The lowest BCUT2D eigenvalue weighted by Gasteiger charge is -2.30. The molecule has 0 aromatic carbocycles. The zero-order chi connectivity index (χ0) is 15.6. The summed E-state index contributed by atoms with van der Waals surface area (Å²) in [5.41, 5.74) is 1.96. The Labute approximate surface area is 148 Å². The first kappa shape index (κ1) is 17.4. The van der Waals surface area contributed by atoms with Crippen LogP contribution in [0.15, 0.2) is 10.6 Å². The fourth-order valence-corrected chi connectivity index (χ4v) is 3.64. The van der Waals surface area contributed by atoms with Gasteiger partial charge in [0.2, 0.25) is 0 Å². The van der Waals surface area contributed by atoms with Crippen LogP contribution in [0.3, 0.4) is 0 Å². The van der Waals surface area contributed by atoms with Gasteiger partial charge >= 0.3 is 0 Å². The van der Waals surface area contributed by atoms with Crippen molar-refractivity contribution in [1.82, 2.24) is 30.6 Å². The summed E-state index contributed by atoms with van der Waals surface area (Å²) in [6, 6.07) is 2.24. The number of hydrogen-bond acceptors (Lipinski definition) is 6. The second-order valence-electron chi connectivity index (χ2n) is 6.70. The maximum absolute atomic E-state index is 5.45. The van der Waals surface area contributed by atoms with Gasteiger partial charge in [-0.2, -0.15) is 10.1 Å². The zero-order valence-corrected chi connectivity index (χ0v) is 14.8. The molecule has 0 bridgehead atoms. The minimum Gasteiger partial charge on any atom is -0.332 e. The van der Waals surface area contributed by atoms with Crippen LogP contribution in [0.5, 0.6) is 0 Å². The lowest BCUT2D eigenvalue weighted by Crippen LogP contribution is -2.44. The molecule has 1 atom stereocenters. The number of likely N-dealkylation sites (N-methyl/N-ethyl adjacent to an activating group) is 1. The second-order valence-corrected chi connectivity index (χ2v) is 6.70. The van der Waals surface area contributed by atoms with Crippen LogP contribution in [0.4, 0.5) is 0 Å². The first-order valence-electron chi connectivity index (χ1n) is 8.61. The Balaban J connectivity index is 0.00000169. The second kappa shape index (κ2) is 7.63. The summed E-state index contributed by atoms with van der Waals surface area (Å²) >= 11 is 0. The van der Waals surface area contributed by atoms with Crippen LogP contribution in [0.2, 0.25) is 0 Å². The molecule has 1 aliphatic heterocycles. The van der Waals surface area contributed by atoms with E-state index in [1.54, 1.807) is 0 Å². The molecule has 24 heavy (non-hydrogen) atoms. The molecule has 0 radical (unpaired) electrons. The van der Waals surface area contributed by atoms with Gasteiger partial charge in [0, 0.05) is 31.2 Å². The molecule has 1 saturated carbocycles. The number of halogens is 1. The number of nitrogens with zero attached hydrogens (tertiary/aromatic N) is 4. The molecule has 7 nitrogen and oxygen atoms in total. The molecular formula is C16H25ClN6O. The van der Waals surface area contributed by atoms with E-state index in [0.717, 1.165) is 31.2 Å². The number of rotatable bonds is 3. The number of H-pyrrole nitrogens is 1. The third-order valence-corrected chi connectivity index (χ3v) is 5.11. The highest BCUT2D eigenvalue weighted by Crippen LogP contribution is 2.33. The van der Waals surface area contributed by atoms with E-state index in [-0.39, 0.29) is 18.4 Å². The molecule has 8 heteroatoms. The van der Waals surface area contributed by atoms with E-state index in [2.05, 4.69) is 43.7 Å². The smallest absolute Gasteiger partial charge is 0.278 e. The monoisotopic (exact) mass is 352 g/mol. The van der Waals surface area contributed by atoms with Gasteiger partial charge in [-0.05, 0) is 26.0 Å². The predicted octanol–water partition coefficient (Wildman–Crippen LogP) is 2.51. The normalized spacial score (nSPS) is 23.1. The molecule has 1 saturated heterocycles. The third-order valence-electron chi connectivity index (χ3n) is 5.11. The minimum atomic E-state index is 0. The molecular weight excluding hydrogens is 328 g/mol. The third kappa shape index (κ3) is 3.48. The van der Waals surface area contributed by atoms with Gasteiger partial charge in [-0.25, -0.2) is 0 Å². The summed E-state index contributed by atoms with van der Waals surface area (Å²) in [5, 5.41) is 15.1. The number of aromatic nitrogens is 4. The summed E-state index contributed by atoms with van der Waals surface area (Å²) in [6.07, 6.45) is 6.47. The predicted molar refractivity (Wildman–Crippen MR) is 93.2 cm³/mol. The maximum atomic E-state index is 5.45. The SMILES string of the molecule is CN1CCNCC1c1noc(-c2cc(C3CCCCC3)[nH]n2)n1.Cl. The Morgan fingerprint density at radius 2 is 2.08 bits per heavy atom. The van der Waals surface area contributed by atoms with Crippen molar-refractivity contribution in [3.8, 4) is 11.6 Å². The van der Waals surface area contributed by atoms with Crippen molar-refractivity contribution in [2.45, 2.75) is 44.1 Å². The van der Waals surface area contributed by atoms with Crippen molar-refractivity contribution in [3.05, 3.63) is 17.6 Å². The molecule has 4 rings (SSSR count). The van der Waals surface area contributed by atoms with Crippen molar-refractivity contribution in [2.75, 3.05) is 26.7 Å². The fraction of sp³-hybridized carbons (Fsp3) is 0.688. The van der Waals surface area contributed by atoms with Crippen LogP contribution < -0.4 is 5.32 Å². The summed E-state index contributed by atoms with van der Waals surface area (Å²) in [4.78, 5) is 6.82. The zero-order valence-electron chi connectivity index (χ0n) is 14.0. The van der Waals surface area contributed by atoms with Gasteiger partial charge in [-0.1, -0.05) is 24.4 Å². The average molecular weight is 353 g/mol. The highest BCUT2D eigenvalue weighted by atomic mass is 35.5. The molecule has 132 valence electrons. The van der Waals surface area contributed by atoms with Gasteiger partial charge in [-0.3, -0.25) is 10.00 Å². The largest absolute Gasteiger partial charge is 0.332 e. The van der Waals surface area contributed by atoms with Gasteiger partial charge in [0.1, 0.15) is 0 Å². The van der Waals surface area contributed by atoms with Crippen LogP contribution in [-0.4, -0.2) is 51.9 Å². The van der Waals surface area contributed by atoms with E-state index in [9.17, 15) is 0 Å². The Bertz CT molecular complexity index is 651. The Hall–Kier alpha value is -1.44. The highest BCUT2D eigenvalue weighted by molar-refractivity contribution is 5.85. The van der Waals surface area contributed by atoms with Gasteiger partial charge in [-0.15, -0.1) is 12.4 Å². The maximum Gasteiger partial charge on any atom is 0.278 e.